The van der Waals surface area contributed by atoms with Gasteiger partial charge in [0.1, 0.15) is 0 Å². The largest absolute Gasteiger partial charge is 0.348 e. The maximum Gasteiger partial charge on any atom is 0.240 e. The van der Waals surface area contributed by atoms with Crippen LogP contribution in [-0.4, -0.2) is 11.4 Å². The van der Waals surface area contributed by atoms with Gasteiger partial charge in [0.15, 0.2) is 0 Å². The summed E-state index contributed by atoms with van der Waals surface area (Å²) in [6.07, 6.45) is 1.58. The molecule has 0 bridgehead atoms. The topological polar surface area (TPSA) is 55.1 Å². The van der Waals surface area contributed by atoms with Gasteiger partial charge in [0.25, 0.3) is 0 Å². The standard InChI is InChI=1S/C14H21BrN2O.ClH/c1-4-8-14(3,16)13(18)17-10(2)11-6-5-7-12(15)9-11;/h5-7,9-10H,4,8,16H2,1-3H3,(H,17,18);1H. The Bertz CT molecular complexity index is 424. The van der Waals surface area contributed by atoms with E-state index in [2.05, 4.69) is 21.2 Å². The zero-order valence-electron chi connectivity index (χ0n) is 11.6. The molecule has 5 heteroatoms. The lowest BCUT2D eigenvalue weighted by molar-refractivity contribution is -0.126. The summed E-state index contributed by atoms with van der Waals surface area (Å²) in [5, 5.41) is 2.96. The highest BCUT2D eigenvalue weighted by Crippen LogP contribution is 2.19. The van der Waals surface area contributed by atoms with Gasteiger partial charge in [-0.25, -0.2) is 0 Å². The molecule has 0 aliphatic carbocycles. The Morgan fingerprint density at radius 1 is 1.53 bits per heavy atom. The minimum atomic E-state index is -0.797. The maximum atomic E-state index is 12.1. The van der Waals surface area contributed by atoms with E-state index in [9.17, 15) is 4.79 Å². The quantitative estimate of drug-likeness (QED) is 0.854. The third kappa shape index (κ3) is 5.51. The predicted octanol–water partition coefficient (Wildman–Crippen LogP) is 3.57. The second-order valence-electron chi connectivity index (χ2n) is 4.92. The van der Waals surface area contributed by atoms with Gasteiger partial charge in [0.05, 0.1) is 11.6 Å². The molecule has 0 saturated heterocycles. The summed E-state index contributed by atoms with van der Waals surface area (Å²) in [6.45, 7) is 5.76. The number of carbonyl (C=O) groups excluding carboxylic acids is 1. The van der Waals surface area contributed by atoms with Crippen molar-refractivity contribution < 1.29 is 4.79 Å². The van der Waals surface area contributed by atoms with Crippen molar-refractivity contribution in [3.05, 3.63) is 34.3 Å². The van der Waals surface area contributed by atoms with E-state index in [-0.39, 0.29) is 24.4 Å². The third-order valence-corrected chi connectivity index (χ3v) is 3.48. The molecule has 1 amide bonds. The van der Waals surface area contributed by atoms with Crippen molar-refractivity contribution in [3.63, 3.8) is 0 Å². The fourth-order valence-corrected chi connectivity index (χ4v) is 2.27. The lowest BCUT2D eigenvalue weighted by atomic mass is 9.95. The molecule has 0 heterocycles. The van der Waals surface area contributed by atoms with Gasteiger partial charge in [0.2, 0.25) is 5.91 Å². The average Bonchev–Trinajstić information content (AvgIpc) is 2.28. The summed E-state index contributed by atoms with van der Waals surface area (Å²) in [4.78, 5) is 12.1. The molecular weight excluding hydrogens is 328 g/mol. The highest BCUT2D eigenvalue weighted by Gasteiger charge is 2.28. The van der Waals surface area contributed by atoms with Gasteiger partial charge >= 0.3 is 0 Å². The number of hydrogen-bond donors (Lipinski definition) is 2. The molecule has 2 atom stereocenters. The van der Waals surface area contributed by atoms with Crippen LogP contribution >= 0.6 is 28.3 Å². The first-order valence-corrected chi connectivity index (χ1v) is 7.01. The Morgan fingerprint density at radius 3 is 2.68 bits per heavy atom. The summed E-state index contributed by atoms with van der Waals surface area (Å²) < 4.78 is 1.00. The van der Waals surface area contributed by atoms with Crippen LogP contribution in [0.4, 0.5) is 0 Å². The summed E-state index contributed by atoms with van der Waals surface area (Å²) in [7, 11) is 0. The third-order valence-electron chi connectivity index (χ3n) is 2.98. The van der Waals surface area contributed by atoms with Crippen molar-refractivity contribution in [3.8, 4) is 0 Å². The van der Waals surface area contributed by atoms with Crippen molar-refractivity contribution >= 4 is 34.2 Å². The van der Waals surface area contributed by atoms with E-state index >= 15 is 0 Å². The molecule has 1 rings (SSSR count). The monoisotopic (exact) mass is 348 g/mol. The van der Waals surface area contributed by atoms with E-state index in [4.69, 9.17) is 5.73 Å². The molecule has 0 radical (unpaired) electrons. The van der Waals surface area contributed by atoms with E-state index in [0.717, 1.165) is 16.5 Å². The fourth-order valence-electron chi connectivity index (χ4n) is 1.85. The maximum absolute atomic E-state index is 12.1. The Kier molecular flexibility index (Phi) is 7.64. The van der Waals surface area contributed by atoms with E-state index in [1.165, 1.54) is 0 Å². The number of halogens is 2. The van der Waals surface area contributed by atoms with Gasteiger partial charge in [-0.3, -0.25) is 4.79 Å². The Morgan fingerprint density at radius 2 is 2.16 bits per heavy atom. The number of carbonyl (C=O) groups is 1. The lowest BCUT2D eigenvalue weighted by Gasteiger charge is -2.25. The van der Waals surface area contributed by atoms with E-state index in [1.54, 1.807) is 6.92 Å². The van der Waals surface area contributed by atoms with Crippen LogP contribution in [0.1, 0.15) is 45.2 Å². The molecule has 3 N–H and O–H groups in total. The van der Waals surface area contributed by atoms with Crippen molar-refractivity contribution in [1.29, 1.82) is 0 Å². The molecule has 2 unspecified atom stereocenters. The van der Waals surface area contributed by atoms with Gasteiger partial charge in [0, 0.05) is 4.47 Å². The first-order chi connectivity index (χ1) is 8.36. The van der Waals surface area contributed by atoms with Gasteiger partial charge in [-0.15, -0.1) is 12.4 Å². The minimum absolute atomic E-state index is 0. The van der Waals surface area contributed by atoms with Crippen LogP contribution in [0, 0.1) is 0 Å². The second kappa shape index (κ2) is 7.88. The second-order valence-corrected chi connectivity index (χ2v) is 5.83. The molecule has 0 fully saturated rings. The molecule has 1 aromatic carbocycles. The molecular formula is C14H22BrClN2O. The molecule has 0 saturated carbocycles. The predicted molar refractivity (Wildman–Crippen MR) is 85.4 cm³/mol. The summed E-state index contributed by atoms with van der Waals surface area (Å²) in [5.74, 6) is -0.100. The van der Waals surface area contributed by atoms with Crippen molar-refractivity contribution in [2.24, 2.45) is 5.73 Å². The SMILES string of the molecule is CCCC(C)(N)C(=O)NC(C)c1cccc(Br)c1.Cl. The number of nitrogens with one attached hydrogen (secondary N) is 1. The number of amides is 1. The van der Waals surface area contributed by atoms with Gasteiger partial charge in [-0.1, -0.05) is 41.4 Å². The molecule has 0 aromatic heterocycles. The molecule has 0 spiro atoms. The van der Waals surface area contributed by atoms with Crippen molar-refractivity contribution in [2.45, 2.75) is 45.2 Å². The molecule has 108 valence electrons. The number of nitrogens with two attached hydrogens (primary N) is 1. The minimum Gasteiger partial charge on any atom is -0.348 e. The molecule has 1 aromatic rings. The smallest absolute Gasteiger partial charge is 0.240 e. The number of benzene rings is 1. The fraction of sp³-hybridized carbons (Fsp3) is 0.500. The van der Waals surface area contributed by atoms with Crippen LogP contribution in [0.5, 0.6) is 0 Å². The van der Waals surface area contributed by atoms with Crippen molar-refractivity contribution in [1.82, 2.24) is 5.32 Å². The Labute approximate surface area is 129 Å². The Balaban J connectivity index is 0.00000324. The van der Waals surface area contributed by atoms with Crippen LogP contribution in [-0.2, 0) is 4.79 Å². The summed E-state index contributed by atoms with van der Waals surface area (Å²) >= 11 is 3.42. The van der Waals surface area contributed by atoms with Crippen molar-refractivity contribution in [2.75, 3.05) is 0 Å². The zero-order valence-corrected chi connectivity index (χ0v) is 14.0. The highest BCUT2D eigenvalue weighted by atomic mass is 79.9. The lowest BCUT2D eigenvalue weighted by Crippen LogP contribution is -2.52. The van der Waals surface area contributed by atoms with E-state index in [0.29, 0.717) is 6.42 Å². The number of hydrogen-bond acceptors (Lipinski definition) is 2. The molecule has 0 aliphatic rings. The van der Waals surface area contributed by atoms with Gasteiger partial charge < -0.3 is 11.1 Å². The van der Waals surface area contributed by atoms with Gasteiger partial charge in [-0.2, -0.15) is 0 Å². The molecule has 0 aliphatic heterocycles. The average molecular weight is 350 g/mol. The summed E-state index contributed by atoms with van der Waals surface area (Å²) in [5.41, 5.74) is 6.27. The van der Waals surface area contributed by atoms with E-state index < -0.39 is 5.54 Å². The van der Waals surface area contributed by atoms with Crippen LogP contribution < -0.4 is 11.1 Å². The normalized spacial score (nSPS) is 15.0. The van der Waals surface area contributed by atoms with Crippen LogP contribution in [0.25, 0.3) is 0 Å². The zero-order chi connectivity index (χ0) is 13.8. The first-order valence-electron chi connectivity index (χ1n) is 6.22. The first kappa shape index (κ1) is 18.4. The van der Waals surface area contributed by atoms with Crippen LogP contribution in [0.15, 0.2) is 28.7 Å². The van der Waals surface area contributed by atoms with E-state index in [1.807, 2.05) is 38.1 Å². The number of rotatable bonds is 5. The van der Waals surface area contributed by atoms with Gasteiger partial charge in [-0.05, 0) is 38.0 Å². The Hall–Kier alpha value is -0.580. The molecule has 3 nitrogen and oxygen atoms in total. The van der Waals surface area contributed by atoms with Crippen LogP contribution in [0.3, 0.4) is 0 Å². The highest BCUT2D eigenvalue weighted by molar-refractivity contribution is 9.10. The molecule has 19 heavy (non-hydrogen) atoms. The summed E-state index contributed by atoms with van der Waals surface area (Å²) in [6, 6.07) is 7.86. The van der Waals surface area contributed by atoms with Crippen LogP contribution in [0.2, 0.25) is 0 Å².